The number of hydrogen-bond acceptors (Lipinski definition) is 3. The average Bonchev–Trinajstić information content (AvgIpc) is 2.56. The minimum absolute atomic E-state index is 0.586. The van der Waals surface area contributed by atoms with E-state index in [4.69, 9.17) is 13.3 Å². The van der Waals surface area contributed by atoms with Crippen molar-refractivity contribution in [3.8, 4) is 0 Å². The Hall–Kier alpha value is -0.943. The van der Waals surface area contributed by atoms with Crippen molar-refractivity contribution in [2.45, 2.75) is 32.2 Å². The van der Waals surface area contributed by atoms with Crippen molar-refractivity contribution in [2.75, 3.05) is 21.3 Å². The van der Waals surface area contributed by atoms with Crippen LogP contribution in [0.4, 0.5) is 0 Å². The van der Waals surface area contributed by atoms with Crippen LogP contribution in [0.25, 0.3) is 6.08 Å². The Bertz CT molecular complexity index is 393. The van der Waals surface area contributed by atoms with Crippen molar-refractivity contribution >= 4 is 14.9 Å². The predicted molar refractivity (Wildman–Crippen MR) is 90.1 cm³/mol. The van der Waals surface area contributed by atoms with Crippen LogP contribution in [0.5, 0.6) is 0 Å². The normalized spacial score (nSPS) is 13.7. The van der Waals surface area contributed by atoms with Gasteiger partial charge in [-0.2, -0.15) is 0 Å². The SMILES string of the molecule is CCC(/C=C/c1ccccc1)CCC[Si](OC)(OC)OC. The largest absolute Gasteiger partial charge is 0.500 e. The van der Waals surface area contributed by atoms with Crippen molar-refractivity contribution in [1.82, 2.24) is 0 Å². The smallest absolute Gasteiger partial charge is 0.377 e. The van der Waals surface area contributed by atoms with E-state index in [-0.39, 0.29) is 0 Å². The van der Waals surface area contributed by atoms with Gasteiger partial charge in [0.1, 0.15) is 0 Å². The Kier molecular flexibility index (Phi) is 8.53. The molecule has 0 aliphatic rings. The minimum Gasteiger partial charge on any atom is -0.377 e. The fourth-order valence-corrected chi connectivity index (χ4v) is 4.13. The lowest BCUT2D eigenvalue weighted by molar-refractivity contribution is 0.122. The molecule has 0 saturated heterocycles. The number of benzene rings is 1. The Morgan fingerprint density at radius 1 is 1.05 bits per heavy atom. The lowest BCUT2D eigenvalue weighted by Gasteiger charge is -2.24. The van der Waals surface area contributed by atoms with Crippen LogP contribution >= 0.6 is 0 Å². The van der Waals surface area contributed by atoms with E-state index in [0.29, 0.717) is 5.92 Å². The van der Waals surface area contributed by atoms with Crippen molar-refractivity contribution in [1.29, 1.82) is 0 Å². The summed E-state index contributed by atoms with van der Waals surface area (Å²) in [5.41, 5.74) is 1.25. The molecule has 3 nitrogen and oxygen atoms in total. The van der Waals surface area contributed by atoms with Gasteiger partial charge in [0, 0.05) is 27.4 Å². The fraction of sp³-hybridized carbons (Fsp3) is 0.529. The van der Waals surface area contributed by atoms with E-state index in [9.17, 15) is 0 Å². The molecule has 0 fully saturated rings. The molecule has 0 heterocycles. The van der Waals surface area contributed by atoms with Crippen LogP contribution in [-0.2, 0) is 13.3 Å². The maximum absolute atomic E-state index is 5.46. The molecule has 0 N–H and O–H groups in total. The summed E-state index contributed by atoms with van der Waals surface area (Å²) in [6.07, 6.45) is 7.85. The fourth-order valence-electron chi connectivity index (χ4n) is 2.38. The topological polar surface area (TPSA) is 27.7 Å². The lowest BCUT2D eigenvalue weighted by Crippen LogP contribution is -2.42. The molecule has 118 valence electrons. The molecule has 0 aliphatic heterocycles. The van der Waals surface area contributed by atoms with Gasteiger partial charge >= 0.3 is 8.80 Å². The lowest BCUT2D eigenvalue weighted by atomic mass is 9.99. The van der Waals surface area contributed by atoms with E-state index < -0.39 is 8.80 Å². The third kappa shape index (κ3) is 6.14. The summed E-state index contributed by atoms with van der Waals surface area (Å²) in [5, 5.41) is 0. The molecule has 0 saturated carbocycles. The van der Waals surface area contributed by atoms with E-state index in [2.05, 4.69) is 43.3 Å². The van der Waals surface area contributed by atoms with Crippen LogP contribution in [0.3, 0.4) is 0 Å². The van der Waals surface area contributed by atoms with Crippen molar-refractivity contribution in [2.24, 2.45) is 5.92 Å². The van der Waals surface area contributed by atoms with Crippen LogP contribution in [0.2, 0.25) is 6.04 Å². The van der Waals surface area contributed by atoms with Gasteiger partial charge in [-0.25, -0.2) is 0 Å². The van der Waals surface area contributed by atoms with Gasteiger partial charge in [0.15, 0.2) is 0 Å². The zero-order chi connectivity index (χ0) is 15.6. The molecule has 0 aliphatic carbocycles. The van der Waals surface area contributed by atoms with Crippen molar-refractivity contribution < 1.29 is 13.3 Å². The van der Waals surface area contributed by atoms with Crippen molar-refractivity contribution in [3.63, 3.8) is 0 Å². The first-order valence-corrected chi connectivity index (χ1v) is 9.51. The summed E-state index contributed by atoms with van der Waals surface area (Å²) in [7, 11) is 2.61. The molecule has 0 bridgehead atoms. The molecular formula is C17H28O3Si. The molecule has 4 heteroatoms. The molecule has 0 amide bonds. The highest BCUT2D eigenvalue weighted by Crippen LogP contribution is 2.21. The van der Waals surface area contributed by atoms with Gasteiger partial charge in [-0.05, 0) is 30.7 Å². The van der Waals surface area contributed by atoms with Crippen LogP contribution in [0.1, 0.15) is 31.7 Å². The molecule has 0 spiro atoms. The first kappa shape index (κ1) is 18.1. The maximum atomic E-state index is 5.46. The predicted octanol–water partition coefficient (Wildman–Crippen LogP) is 4.38. The second kappa shape index (κ2) is 9.90. The molecule has 1 atom stereocenters. The molecular weight excluding hydrogens is 280 g/mol. The van der Waals surface area contributed by atoms with Gasteiger partial charge in [0.25, 0.3) is 0 Å². The monoisotopic (exact) mass is 308 g/mol. The molecule has 1 rings (SSSR count). The maximum Gasteiger partial charge on any atom is 0.500 e. The summed E-state index contributed by atoms with van der Waals surface area (Å²) >= 11 is 0. The quantitative estimate of drug-likeness (QED) is 0.600. The summed E-state index contributed by atoms with van der Waals surface area (Å²) in [6, 6.07) is 11.3. The van der Waals surface area contributed by atoms with Gasteiger partial charge in [0.2, 0.25) is 0 Å². The first-order valence-electron chi connectivity index (χ1n) is 7.58. The first-order chi connectivity index (χ1) is 10.2. The van der Waals surface area contributed by atoms with Gasteiger partial charge in [0.05, 0.1) is 0 Å². The number of allylic oxidation sites excluding steroid dienone is 1. The highest BCUT2D eigenvalue weighted by atomic mass is 28.4. The Balaban J connectivity index is 2.46. The van der Waals surface area contributed by atoms with Crippen LogP contribution in [-0.4, -0.2) is 30.1 Å². The average molecular weight is 308 g/mol. The second-order valence-corrected chi connectivity index (χ2v) is 8.22. The summed E-state index contributed by atoms with van der Waals surface area (Å²) < 4.78 is 16.4. The Labute approximate surface area is 130 Å². The van der Waals surface area contributed by atoms with Crippen molar-refractivity contribution in [3.05, 3.63) is 42.0 Å². The van der Waals surface area contributed by atoms with E-state index in [1.165, 1.54) is 5.56 Å². The molecule has 21 heavy (non-hydrogen) atoms. The minimum atomic E-state index is -2.41. The molecule has 1 aromatic carbocycles. The highest BCUT2D eigenvalue weighted by molar-refractivity contribution is 6.60. The standard InChI is InChI=1S/C17H28O3Si/c1-5-16(13-14-17-10-7-6-8-11-17)12-9-15-21(18-2,19-3)20-4/h6-8,10-11,13-14,16H,5,9,12,15H2,1-4H3/b14-13+. The Morgan fingerprint density at radius 2 is 1.67 bits per heavy atom. The van der Waals surface area contributed by atoms with Crippen LogP contribution in [0, 0.1) is 5.92 Å². The molecule has 0 radical (unpaired) electrons. The molecule has 0 aromatic heterocycles. The van der Waals surface area contributed by atoms with Gasteiger partial charge < -0.3 is 13.3 Å². The molecule has 1 aromatic rings. The summed E-state index contributed by atoms with van der Waals surface area (Å²) in [6.45, 7) is 2.23. The van der Waals surface area contributed by atoms with E-state index >= 15 is 0 Å². The van der Waals surface area contributed by atoms with Gasteiger partial charge in [-0.15, -0.1) is 0 Å². The molecule has 1 unspecified atom stereocenters. The van der Waals surface area contributed by atoms with E-state index in [1.807, 2.05) is 6.07 Å². The van der Waals surface area contributed by atoms with Gasteiger partial charge in [-0.1, -0.05) is 49.4 Å². The summed E-state index contributed by atoms with van der Waals surface area (Å²) in [5.74, 6) is 0.586. The highest BCUT2D eigenvalue weighted by Gasteiger charge is 2.36. The van der Waals surface area contributed by atoms with E-state index in [1.54, 1.807) is 21.3 Å². The zero-order valence-electron chi connectivity index (χ0n) is 13.7. The Morgan fingerprint density at radius 3 is 2.19 bits per heavy atom. The third-order valence-electron chi connectivity index (χ3n) is 3.88. The third-order valence-corrected chi connectivity index (χ3v) is 6.71. The van der Waals surface area contributed by atoms with Crippen LogP contribution < -0.4 is 0 Å². The summed E-state index contributed by atoms with van der Waals surface area (Å²) in [4.78, 5) is 0. The van der Waals surface area contributed by atoms with Gasteiger partial charge in [-0.3, -0.25) is 0 Å². The number of rotatable bonds is 10. The number of hydrogen-bond donors (Lipinski definition) is 0. The zero-order valence-corrected chi connectivity index (χ0v) is 14.7. The second-order valence-electron chi connectivity index (χ2n) is 5.13. The van der Waals surface area contributed by atoms with E-state index in [0.717, 1.165) is 25.3 Å². The van der Waals surface area contributed by atoms with Crippen LogP contribution in [0.15, 0.2) is 36.4 Å².